The number of aromatic nitrogens is 2. The Morgan fingerprint density at radius 3 is 3.00 bits per heavy atom. The number of carboxylic acids is 1. The first-order valence-electron chi connectivity index (χ1n) is 5.08. The van der Waals surface area contributed by atoms with Gasteiger partial charge in [-0.3, -0.25) is 0 Å². The van der Waals surface area contributed by atoms with Crippen LogP contribution >= 0.6 is 11.3 Å². The van der Waals surface area contributed by atoms with Crippen LogP contribution in [-0.2, 0) is 6.42 Å². The molecule has 2 aromatic rings. The number of hydrogen-bond acceptors (Lipinski definition) is 5. The lowest BCUT2D eigenvalue weighted by Gasteiger charge is -2.06. The molecule has 0 aromatic carbocycles. The van der Waals surface area contributed by atoms with Crippen LogP contribution in [0, 0.1) is 0 Å². The molecule has 17 heavy (non-hydrogen) atoms. The predicted octanol–water partition coefficient (Wildman–Crippen LogP) is 1.89. The molecule has 2 N–H and O–H groups in total. The molecule has 5 nitrogen and oxygen atoms in total. The molecular weight excluding hydrogens is 238 g/mol. The lowest BCUT2D eigenvalue weighted by molar-refractivity contribution is 0.0697. The number of aromatic carboxylic acids is 1. The minimum atomic E-state index is -0.977. The van der Waals surface area contributed by atoms with Crippen molar-refractivity contribution in [3.05, 3.63) is 40.5 Å². The highest BCUT2D eigenvalue weighted by Crippen LogP contribution is 2.11. The molecule has 0 fully saturated rings. The van der Waals surface area contributed by atoms with Crippen molar-refractivity contribution in [2.24, 2.45) is 0 Å². The van der Waals surface area contributed by atoms with E-state index in [1.807, 2.05) is 5.38 Å². The van der Waals surface area contributed by atoms with E-state index in [-0.39, 0.29) is 5.56 Å². The van der Waals surface area contributed by atoms with E-state index in [0.29, 0.717) is 12.4 Å². The lowest BCUT2D eigenvalue weighted by Crippen LogP contribution is -2.10. The Kier molecular flexibility index (Phi) is 3.66. The number of carbonyl (C=O) groups is 1. The van der Waals surface area contributed by atoms with Gasteiger partial charge in [0.05, 0.1) is 5.01 Å². The summed E-state index contributed by atoms with van der Waals surface area (Å²) in [7, 11) is 0. The van der Waals surface area contributed by atoms with Crippen LogP contribution < -0.4 is 5.32 Å². The highest BCUT2D eigenvalue weighted by Gasteiger charge is 2.09. The topological polar surface area (TPSA) is 75.1 Å². The van der Waals surface area contributed by atoms with Crippen LogP contribution in [0.2, 0.25) is 0 Å². The van der Waals surface area contributed by atoms with E-state index in [9.17, 15) is 4.79 Å². The first kappa shape index (κ1) is 11.5. The van der Waals surface area contributed by atoms with Crippen LogP contribution in [0.15, 0.2) is 29.9 Å². The van der Waals surface area contributed by atoms with Gasteiger partial charge in [0.25, 0.3) is 0 Å². The Morgan fingerprint density at radius 2 is 2.29 bits per heavy atom. The third kappa shape index (κ3) is 3.01. The molecule has 2 aromatic heterocycles. The Hall–Kier alpha value is -1.95. The van der Waals surface area contributed by atoms with Crippen LogP contribution in [0.25, 0.3) is 0 Å². The second kappa shape index (κ2) is 5.40. The number of nitrogens with zero attached hydrogens (tertiary/aromatic N) is 2. The molecule has 6 heteroatoms. The fourth-order valence-electron chi connectivity index (χ4n) is 1.38. The smallest absolute Gasteiger partial charge is 0.339 e. The Balaban J connectivity index is 1.97. The summed E-state index contributed by atoms with van der Waals surface area (Å²) in [5.41, 5.74) is 0.187. The zero-order valence-corrected chi connectivity index (χ0v) is 9.78. The minimum Gasteiger partial charge on any atom is -0.478 e. The van der Waals surface area contributed by atoms with Gasteiger partial charge in [0.1, 0.15) is 11.4 Å². The van der Waals surface area contributed by atoms with Crippen molar-refractivity contribution in [1.29, 1.82) is 0 Å². The largest absolute Gasteiger partial charge is 0.478 e. The Labute approximate surface area is 102 Å². The predicted molar refractivity (Wildman–Crippen MR) is 65.5 cm³/mol. The van der Waals surface area contributed by atoms with Crippen molar-refractivity contribution < 1.29 is 9.90 Å². The normalized spacial score (nSPS) is 10.1. The van der Waals surface area contributed by atoms with Crippen molar-refractivity contribution >= 4 is 23.1 Å². The van der Waals surface area contributed by atoms with Crippen LogP contribution in [0.1, 0.15) is 15.4 Å². The van der Waals surface area contributed by atoms with E-state index in [1.54, 1.807) is 29.8 Å². The van der Waals surface area contributed by atoms with Crippen molar-refractivity contribution in [2.45, 2.75) is 6.42 Å². The monoisotopic (exact) mass is 249 g/mol. The summed E-state index contributed by atoms with van der Waals surface area (Å²) in [5.74, 6) is -0.577. The number of rotatable bonds is 5. The van der Waals surface area contributed by atoms with Gasteiger partial charge < -0.3 is 10.4 Å². The lowest BCUT2D eigenvalue weighted by atomic mass is 10.2. The van der Waals surface area contributed by atoms with Crippen molar-refractivity contribution in [3.8, 4) is 0 Å². The van der Waals surface area contributed by atoms with Crippen LogP contribution in [-0.4, -0.2) is 27.6 Å². The molecule has 0 aliphatic heterocycles. The summed E-state index contributed by atoms with van der Waals surface area (Å²) >= 11 is 1.58. The molecule has 0 radical (unpaired) electrons. The number of anilines is 1. The summed E-state index contributed by atoms with van der Waals surface area (Å²) in [4.78, 5) is 19.1. The quantitative estimate of drug-likeness (QED) is 0.846. The fourth-order valence-corrected chi connectivity index (χ4v) is 2.00. The maximum atomic E-state index is 10.9. The molecule has 0 saturated carbocycles. The SMILES string of the molecule is O=C(O)c1cccnc1NCCc1nccs1. The van der Waals surface area contributed by atoms with Gasteiger partial charge in [-0.2, -0.15) is 0 Å². The maximum absolute atomic E-state index is 10.9. The average Bonchev–Trinajstić information content (AvgIpc) is 2.82. The number of pyridine rings is 1. The van der Waals surface area contributed by atoms with Gasteiger partial charge in [-0.25, -0.2) is 14.8 Å². The first-order chi connectivity index (χ1) is 8.27. The second-order valence-corrected chi connectivity index (χ2v) is 4.29. The molecule has 0 aliphatic carbocycles. The van der Waals surface area contributed by atoms with E-state index in [1.165, 1.54) is 6.07 Å². The van der Waals surface area contributed by atoms with Gasteiger partial charge in [0, 0.05) is 30.7 Å². The van der Waals surface area contributed by atoms with Crippen LogP contribution in [0.5, 0.6) is 0 Å². The zero-order chi connectivity index (χ0) is 12.1. The summed E-state index contributed by atoms with van der Waals surface area (Å²) in [6.07, 6.45) is 4.08. The molecule has 0 aliphatic rings. The molecule has 2 heterocycles. The molecule has 88 valence electrons. The number of thiazole rings is 1. The molecule has 0 amide bonds. The standard InChI is InChI=1S/C11H11N3O2S/c15-11(16)8-2-1-4-13-10(8)14-5-3-9-12-6-7-17-9/h1-2,4,6-7H,3,5H2,(H,13,14)(H,15,16). The number of hydrogen-bond donors (Lipinski definition) is 2. The molecule has 0 bridgehead atoms. The first-order valence-corrected chi connectivity index (χ1v) is 5.96. The van der Waals surface area contributed by atoms with E-state index < -0.39 is 5.97 Å². The van der Waals surface area contributed by atoms with E-state index in [2.05, 4.69) is 15.3 Å². The van der Waals surface area contributed by atoms with E-state index in [4.69, 9.17) is 5.11 Å². The van der Waals surface area contributed by atoms with E-state index in [0.717, 1.165) is 11.4 Å². The third-order valence-electron chi connectivity index (χ3n) is 2.15. The van der Waals surface area contributed by atoms with Gasteiger partial charge in [-0.15, -0.1) is 11.3 Å². The summed E-state index contributed by atoms with van der Waals surface area (Å²) < 4.78 is 0. The molecule has 0 unspecified atom stereocenters. The highest BCUT2D eigenvalue weighted by molar-refractivity contribution is 7.09. The highest BCUT2D eigenvalue weighted by atomic mass is 32.1. The van der Waals surface area contributed by atoms with Crippen molar-refractivity contribution in [1.82, 2.24) is 9.97 Å². The van der Waals surface area contributed by atoms with Crippen molar-refractivity contribution in [2.75, 3.05) is 11.9 Å². The van der Waals surface area contributed by atoms with E-state index >= 15 is 0 Å². The minimum absolute atomic E-state index is 0.187. The van der Waals surface area contributed by atoms with Gasteiger partial charge in [0.2, 0.25) is 0 Å². The number of nitrogens with one attached hydrogen (secondary N) is 1. The van der Waals surface area contributed by atoms with Gasteiger partial charge in [0.15, 0.2) is 0 Å². The molecule has 0 saturated heterocycles. The molecule has 0 spiro atoms. The summed E-state index contributed by atoms with van der Waals surface area (Å²) in [5, 5.41) is 14.9. The zero-order valence-electron chi connectivity index (χ0n) is 8.96. The van der Waals surface area contributed by atoms with Crippen molar-refractivity contribution in [3.63, 3.8) is 0 Å². The number of carboxylic acid groups (broad SMARTS) is 1. The third-order valence-corrected chi connectivity index (χ3v) is 2.99. The van der Waals surface area contributed by atoms with Gasteiger partial charge in [-0.05, 0) is 12.1 Å². The average molecular weight is 249 g/mol. The Bertz CT molecular complexity index is 499. The van der Waals surface area contributed by atoms with Gasteiger partial charge >= 0.3 is 5.97 Å². The summed E-state index contributed by atoms with van der Waals surface area (Å²) in [6.45, 7) is 0.616. The van der Waals surface area contributed by atoms with Crippen LogP contribution in [0.4, 0.5) is 5.82 Å². The maximum Gasteiger partial charge on any atom is 0.339 e. The summed E-state index contributed by atoms with van der Waals surface area (Å²) in [6, 6.07) is 3.14. The van der Waals surface area contributed by atoms with Crippen LogP contribution in [0.3, 0.4) is 0 Å². The molecule has 0 atom stereocenters. The second-order valence-electron chi connectivity index (χ2n) is 3.31. The molecular formula is C11H11N3O2S. The van der Waals surface area contributed by atoms with Gasteiger partial charge in [-0.1, -0.05) is 0 Å². The fraction of sp³-hybridized carbons (Fsp3) is 0.182. The molecule has 2 rings (SSSR count). The Morgan fingerprint density at radius 1 is 1.41 bits per heavy atom.